The third kappa shape index (κ3) is 2.97. The minimum absolute atomic E-state index is 0.00203. The van der Waals surface area contributed by atoms with Crippen LogP contribution in [-0.2, 0) is 4.79 Å². The molecule has 3 heteroatoms. The number of carbonyl (C=O) groups excluding carboxylic acids is 1. The zero-order valence-electron chi connectivity index (χ0n) is 11.1. The fraction of sp³-hybridized carbons (Fsp3) is 0.923. The van der Waals surface area contributed by atoms with E-state index in [-0.39, 0.29) is 11.9 Å². The van der Waals surface area contributed by atoms with E-state index in [1.165, 1.54) is 0 Å². The lowest BCUT2D eigenvalue weighted by molar-refractivity contribution is -0.134. The Morgan fingerprint density at radius 3 is 2.56 bits per heavy atom. The number of hydrogen-bond donors (Lipinski definition) is 1. The second kappa shape index (κ2) is 5.67. The molecule has 0 aliphatic carbocycles. The molecule has 94 valence electrons. The van der Waals surface area contributed by atoms with E-state index in [1.807, 2.05) is 0 Å². The SMILES string of the molecule is CCC1CCC(C)N1C(=O)CC(N)C(C)C. The van der Waals surface area contributed by atoms with Gasteiger partial charge >= 0.3 is 0 Å². The van der Waals surface area contributed by atoms with Crippen LogP contribution < -0.4 is 5.73 Å². The zero-order valence-corrected chi connectivity index (χ0v) is 11.1. The Hall–Kier alpha value is -0.570. The highest BCUT2D eigenvalue weighted by atomic mass is 16.2. The molecule has 3 atom stereocenters. The van der Waals surface area contributed by atoms with Gasteiger partial charge in [-0.05, 0) is 32.1 Å². The van der Waals surface area contributed by atoms with Crippen LogP contribution in [0.3, 0.4) is 0 Å². The molecular formula is C13H26N2O. The van der Waals surface area contributed by atoms with E-state index in [1.54, 1.807) is 0 Å². The highest BCUT2D eigenvalue weighted by Gasteiger charge is 2.33. The molecule has 3 unspecified atom stereocenters. The quantitative estimate of drug-likeness (QED) is 0.798. The molecule has 1 saturated heterocycles. The van der Waals surface area contributed by atoms with Crippen molar-refractivity contribution in [2.24, 2.45) is 11.7 Å². The van der Waals surface area contributed by atoms with Crippen molar-refractivity contribution in [1.82, 2.24) is 4.90 Å². The smallest absolute Gasteiger partial charge is 0.224 e. The van der Waals surface area contributed by atoms with E-state index >= 15 is 0 Å². The van der Waals surface area contributed by atoms with Gasteiger partial charge in [-0.1, -0.05) is 20.8 Å². The van der Waals surface area contributed by atoms with Gasteiger partial charge in [-0.3, -0.25) is 4.79 Å². The Bertz CT molecular complexity index is 240. The lowest BCUT2D eigenvalue weighted by Crippen LogP contribution is -2.43. The standard InChI is InChI=1S/C13H26N2O/c1-5-11-7-6-10(4)15(11)13(16)8-12(14)9(2)3/h9-12H,5-8,14H2,1-4H3. The van der Waals surface area contributed by atoms with Crippen LogP contribution in [-0.4, -0.2) is 28.9 Å². The Labute approximate surface area is 99.4 Å². The summed E-state index contributed by atoms with van der Waals surface area (Å²) in [5.74, 6) is 0.625. The van der Waals surface area contributed by atoms with Crippen LogP contribution in [0, 0.1) is 5.92 Å². The number of amides is 1. The van der Waals surface area contributed by atoms with Gasteiger partial charge < -0.3 is 10.6 Å². The maximum Gasteiger partial charge on any atom is 0.224 e. The van der Waals surface area contributed by atoms with Gasteiger partial charge in [0.25, 0.3) is 0 Å². The van der Waals surface area contributed by atoms with E-state index in [0.717, 1.165) is 19.3 Å². The first kappa shape index (κ1) is 13.5. The van der Waals surface area contributed by atoms with Crippen molar-refractivity contribution < 1.29 is 4.79 Å². The number of likely N-dealkylation sites (tertiary alicyclic amines) is 1. The van der Waals surface area contributed by atoms with E-state index in [2.05, 4.69) is 32.6 Å². The zero-order chi connectivity index (χ0) is 12.3. The molecule has 0 bridgehead atoms. The van der Waals surface area contributed by atoms with Crippen molar-refractivity contribution in [3.05, 3.63) is 0 Å². The van der Waals surface area contributed by atoms with Gasteiger partial charge in [0.2, 0.25) is 5.91 Å². The van der Waals surface area contributed by atoms with Gasteiger partial charge in [0.15, 0.2) is 0 Å². The summed E-state index contributed by atoms with van der Waals surface area (Å²) in [7, 11) is 0. The second-order valence-electron chi connectivity index (χ2n) is 5.40. The molecule has 0 saturated carbocycles. The molecular weight excluding hydrogens is 200 g/mol. The molecule has 1 fully saturated rings. The van der Waals surface area contributed by atoms with Crippen LogP contribution in [0.15, 0.2) is 0 Å². The molecule has 16 heavy (non-hydrogen) atoms. The topological polar surface area (TPSA) is 46.3 Å². The summed E-state index contributed by atoms with van der Waals surface area (Å²) in [6.45, 7) is 8.45. The first-order valence-electron chi connectivity index (χ1n) is 6.54. The van der Waals surface area contributed by atoms with Crippen LogP contribution in [0.1, 0.15) is 53.4 Å². The summed E-state index contributed by atoms with van der Waals surface area (Å²) in [5, 5.41) is 0. The lowest BCUT2D eigenvalue weighted by atomic mass is 10.0. The van der Waals surface area contributed by atoms with Crippen LogP contribution >= 0.6 is 0 Å². The lowest BCUT2D eigenvalue weighted by Gasteiger charge is -2.29. The first-order valence-corrected chi connectivity index (χ1v) is 6.54. The van der Waals surface area contributed by atoms with Crippen molar-refractivity contribution in [3.8, 4) is 0 Å². The second-order valence-corrected chi connectivity index (χ2v) is 5.40. The van der Waals surface area contributed by atoms with E-state index in [4.69, 9.17) is 5.73 Å². The Balaban J connectivity index is 2.58. The average molecular weight is 226 g/mol. The maximum atomic E-state index is 12.2. The molecule has 0 aromatic heterocycles. The van der Waals surface area contributed by atoms with E-state index < -0.39 is 0 Å². The highest BCUT2D eigenvalue weighted by molar-refractivity contribution is 5.77. The molecule has 3 nitrogen and oxygen atoms in total. The van der Waals surface area contributed by atoms with Crippen LogP contribution in [0.2, 0.25) is 0 Å². The molecule has 1 heterocycles. The highest BCUT2D eigenvalue weighted by Crippen LogP contribution is 2.27. The molecule has 1 amide bonds. The third-order valence-electron chi connectivity index (χ3n) is 3.81. The Kier molecular flexibility index (Phi) is 4.78. The van der Waals surface area contributed by atoms with Crippen molar-refractivity contribution in [3.63, 3.8) is 0 Å². The molecule has 1 aliphatic heterocycles. The van der Waals surface area contributed by atoms with Gasteiger partial charge in [0.1, 0.15) is 0 Å². The molecule has 1 rings (SSSR count). The number of nitrogens with two attached hydrogens (primary N) is 1. The van der Waals surface area contributed by atoms with Gasteiger partial charge in [-0.15, -0.1) is 0 Å². The molecule has 0 radical (unpaired) electrons. The number of carbonyl (C=O) groups is 1. The number of rotatable bonds is 4. The fourth-order valence-corrected chi connectivity index (χ4v) is 2.46. The monoisotopic (exact) mass is 226 g/mol. The Morgan fingerprint density at radius 1 is 1.44 bits per heavy atom. The van der Waals surface area contributed by atoms with Gasteiger partial charge in [0, 0.05) is 24.5 Å². The molecule has 1 aliphatic rings. The minimum Gasteiger partial charge on any atom is -0.337 e. The maximum absolute atomic E-state index is 12.2. The minimum atomic E-state index is -0.00203. The number of nitrogens with zero attached hydrogens (tertiary/aromatic N) is 1. The summed E-state index contributed by atoms with van der Waals surface area (Å²) in [6.07, 6.45) is 3.85. The van der Waals surface area contributed by atoms with E-state index in [0.29, 0.717) is 24.4 Å². The normalized spacial score (nSPS) is 27.5. The molecule has 2 N–H and O–H groups in total. The fourth-order valence-electron chi connectivity index (χ4n) is 2.46. The van der Waals surface area contributed by atoms with Crippen LogP contribution in [0.5, 0.6) is 0 Å². The first-order chi connectivity index (χ1) is 7.47. The summed E-state index contributed by atoms with van der Waals surface area (Å²) in [4.78, 5) is 14.3. The summed E-state index contributed by atoms with van der Waals surface area (Å²) >= 11 is 0. The third-order valence-corrected chi connectivity index (χ3v) is 3.81. The largest absolute Gasteiger partial charge is 0.337 e. The van der Waals surface area contributed by atoms with Crippen molar-refractivity contribution in [2.45, 2.75) is 71.5 Å². The number of hydrogen-bond acceptors (Lipinski definition) is 2. The van der Waals surface area contributed by atoms with Gasteiger partial charge in [-0.25, -0.2) is 0 Å². The van der Waals surface area contributed by atoms with Crippen LogP contribution in [0.25, 0.3) is 0 Å². The van der Waals surface area contributed by atoms with Crippen molar-refractivity contribution >= 4 is 5.91 Å². The molecule has 0 aromatic rings. The predicted molar refractivity (Wildman–Crippen MR) is 67.1 cm³/mol. The summed E-state index contributed by atoms with van der Waals surface area (Å²) in [5.41, 5.74) is 5.97. The average Bonchev–Trinajstić information content (AvgIpc) is 2.59. The van der Waals surface area contributed by atoms with Crippen molar-refractivity contribution in [2.75, 3.05) is 0 Å². The van der Waals surface area contributed by atoms with Gasteiger partial charge in [0.05, 0.1) is 0 Å². The summed E-state index contributed by atoms with van der Waals surface area (Å²) < 4.78 is 0. The summed E-state index contributed by atoms with van der Waals surface area (Å²) in [6, 6.07) is 0.844. The molecule has 0 spiro atoms. The Morgan fingerprint density at radius 2 is 2.06 bits per heavy atom. The van der Waals surface area contributed by atoms with Crippen LogP contribution in [0.4, 0.5) is 0 Å². The molecule has 0 aromatic carbocycles. The van der Waals surface area contributed by atoms with Gasteiger partial charge in [-0.2, -0.15) is 0 Å². The van der Waals surface area contributed by atoms with E-state index in [9.17, 15) is 4.79 Å². The predicted octanol–water partition coefficient (Wildman–Crippen LogP) is 2.15. The van der Waals surface area contributed by atoms with Crippen molar-refractivity contribution in [1.29, 1.82) is 0 Å².